The summed E-state index contributed by atoms with van der Waals surface area (Å²) in [6.45, 7) is 7.76. The summed E-state index contributed by atoms with van der Waals surface area (Å²) in [6.07, 6.45) is 0.688. The van der Waals surface area contributed by atoms with Gasteiger partial charge in [-0.25, -0.2) is 23.7 Å². The monoisotopic (exact) mass is 770 g/mol. The first kappa shape index (κ1) is 36.7. The molecule has 2 N–H and O–H groups in total. The van der Waals surface area contributed by atoms with Gasteiger partial charge >= 0.3 is 5.97 Å². The number of nitriles is 1. The number of aliphatic carboxylic acids is 1. The van der Waals surface area contributed by atoms with Crippen molar-refractivity contribution in [3.05, 3.63) is 94.4 Å². The molecule has 14 heteroatoms. The minimum Gasteiger partial charge on any atom is -0.481 e. The third kappa shape index (κ3) is 6.85. The van der Waals surface area contributed by atoms with Crippen molar-refractivity contribution < 1.29 is 28.2 Å². The van der Waals surface area contributed by atoms with Crippen LogP contribution >= 0.6 is 0 Å². The zero-order valence-corrected chi connectivity index (χ0v) is 31.5. The number of pyridine rings is 1. The zero-order valence-electron chi connectivity index (χ0n) is 31.5. The lowest BCUT2D eigenvalue weighted by atomic mass is 9.92. The maximum atomic E-state index is 14.3. The Labute approximate surface area is 327 Å². The van der Waals surface area contributed by atoms with Crippen LogP contribution in [-0.2, 0) is 24.3 Å². The van der Waals surface area contributed by atoms with Crippen molar-refractivity contribution in [2.75, 3.05) is 37.6 Å². The van der Waals surface area contributed by atoms with Gasteiger partial charge in [-0.3, -0.25) is 19.6 Å². The summed E-state index contributed by atoms with van der Waals surface area (Å²) in [6, 6.07) is 19.7. The molecule has 2 atom stereocenters. The van der Waals surface area contributed by atoms with Gasteiger partial charge in [-0.05, 0) is 103 Å². The van der Waals surface area contributed by atoms with E-state index in [-0.39, 0.29) is 0 Å². The first-order chi connectivity index (χ1) is 27.4. The van der Waals surface area contributed by atoms with Gasteiger partial charge in [0, 0.05) is 56.7 Å². The Kier molecular flexibility index (Phi) is 9.19. The number of oxazole rings is 1. The number of alkyl halides is 2. The van der Waals surface area contributed by atoms with E-state index < -0.39 is 29.7 Å². The number of aromatic nitrogens is 4. The van der Waals surface area contributed by atoms with Crippen LogP contribution in [0.2, 0.25) is 0 Å². The van der Waals surface area contributed by atoms with Crippen LogP contribution < -0.4 is 4.90 Å². The number of rotatable bonds is 9. The summed E-state index contributed by atoms with van der Waals surface area (Å²) in [5, 5.41) is 29.9. The highest BCUT2D eigenvalue weighted by molar-refractivity contribution is 5.92. The number of halogens is 2. The number of hydrogen-bond donors (Lipinski definition) is 2. The average Bonchev–Trinajstić information content (AvgIpc) is 4.00. The fraction of sp³-hybridized carbons (Fsp3) is 0.349. The van der Waals surface area contributed by atoms with Gasteiger partial charge in [0.2, 0.25) is 5.89 Å². The lowest BCUT2D eigenvalue weighted by Gasteiger charge is -2.21. The minimum absolute atomic E-state index is 0.309. The van der Waals surface area contributed by atoms with E-state index in [1.165, 1.54) is 0 Å². The number of carboxylic acids is 1. The number of benzene rings is 3. The van der Waals surface area contributed by atoms with Gasteiger partial charge in [0.15, 0.2) is 17.2 Å². The zero-order chi connectivity index (χ0) is 39.6. The van der Waals surface area contributed by atoms with E-state index in [9.17, 15) is 29.1 Å². The first-order valence-corrected chi connectivity index (χ1v) is 19.1. The maximum Gasteiger partial charge on any atom is 0.307 e. The molecule has 0 radical (unpaired) electrons. The van der Waals surface area contributed by atoms with Crippen molar-refractivity contribution >= 4 is 39.6 Å². The van der Waals surface area contributed by atoms with Gasteiger partial charge in [-0.2, -0.15) is 5.26 Å². The lowest BCUT2D eigenvalue weighted by Crippen LogP contribution is -2.29. The standard InChI is InChI=1S/C43H40F2N8O4/c1-24-29(5-3-6-30(24)41-49-34-16-25(15-28(18-46)37(34)57-41)20-52-14-11-43(2,56)23-52)31-7-4-8-35-32(31)10-13-53(35)40-36-33(48-39(50-40)38(44)45)17-26(19-47-36)21-51-12-9-27(22-51)42(54)55/h3-8,15-17,19,27,38,56H,9-14,20-23H2,1-2H3,(H,54,55)/t27-,43-/m0/s1. The van der Waals surface area contributed by atoms with Crippen LogP contribution in [0.1, 0.15) is 59.8 Å². The molecule has 9 rings (SSSR count). The molecule has 0 amide bonds. The Morgan fingerprint density at radius 2 is 1.77 bits per heavy atom. The number of likely N-dealkylation sites (tertiary alicyclic amines) is 2. The number of hydrogen-bond acceptors (Lipinski definition) is 11. The molecule has 3 aromatic heterocycles. The Bertz CT molecular complexity index is 2620. The Morgan fingerprint density at radius 3 is 2.53 bits per heavy atom. The second kappa shape index (κ2) is 14.3. The van der Waals surface area contributed by atoms with E-state index in [1.807, 2.05) is 66.1 Å². The van der Waals surface area contributed by atoms with Gasteiger partial charge in [0.25, 0.3) is 6.43 Å². The van der Waals surface area contributed by atoms with Crippen molar-refractivity contribution in [2.45, 2.75) is 58.2 Å². The molecule has 3 aliphatic rings. The Hall–Kier alpha value is -5.88. The molecular weight excluding hydrogens is 731 g/mol. The first-order valence-electron chi connectivity index (χ1n) is 19.1. The number of fused-ring (bicyclic) bond motifs is 3. The van der Waals surface area contributed by atoms with E-state index in [2.05, 4.69) is 27.0 Å². The number of carbonyl (C=O) groups is 1. The third-order valence-electron chi connectivity index (χ3n) is 11.6. The third-order valence-corrected chi connectivity index (χ3v) is 11.6. The van der Waals surface area contributed by atoms with E-state index in [0.29, 0.717) is 97.9 Å². The molecule has 2 fully saturated rings. The minimum atomic E-state index is -2.89. The SMILES string of the molecule is Cc1c(-c2nc3cc(CN4CC[C@](C)(O)C4)cc(C#N)c3o2)cccc1-c1cccc2c1CCN2c1nc(C(F)F)nc2cc(CN3CC[C@H](C(=O)O)C3)cnc12. The summed E-state index contributed by atoms with van der Waals surface area (Å²) in [7, 11) is 0. The highest BCUT2D eigenvalue weighted by Gasteiger charge is 2.33. The quantitative estimate of drug-likeness (QED) is 0.153. The molecule has 0 unspecified atom stereocenters. The van der Waals surface area contributed by atoms with Crippen molar-refractivity contribution in [1.29, 1.82) is 5.26 Å². The molecule has 0 saturated carbocycles. The van der Waals surface area contributed by atoms with Crippen molar-refractivity contribution in [3.8, 4) is 28.7 Å². The van der Waals surface area contributed by atoms with E-state index >= 15 is 0 Å². The van der Waals surface area contributed by atoms with Crippen LogP contribution in [0, 0.1) is 24.2 Å². The van der Waals surface area contributed by atoms with E-state index in [1.54, 1.807) is 12.3 Å². The van der Waals surface area contributed by atoms with Crippen LogP contribution in [0.3, 0.4) is 0 Å². The predicted molar refractivity (Wildman–Crippen MR) is 209 cm³/mol. The summed E-state index contributed by atoms with van der Waals surface area (Å²) < 4.78 is 34.9. The van der Waals surface area contributed by atoms with E-state index in [0.717, 1.165) is 51.2 Å². The van der Waals surface area contributed by atoms with Gasteiger partial charge in [-0.1, -0.05) is 24.3 Å². The van der Waals surface area contributed by atoms with Crippen molar-refractivity contribution in [1.82, 2.24) is 29.7 Å². The largest absolute Gasteiger partial charge is 0.481 e. The molecular formula is C43H40F2N8O4. The van der Waals surface area contributed by atoms with Crippen LogP contribution in [0.25, 0.3) is 44.7 Å². The molecule has 12 nitrogen and oxygen atoms in total. The van der Waals surface area contributed by atoms with Crippen LogP contribution in [0.15, 0.2) is 65.2 Å². The smallest absolute Gasteiger partial charge is 0.307 e. The topological polar surface area (TPSA) is 156 Å². The predicted octanol–water partition coefficient (Wildman–Crippen LogP) is 7.18. The van der Waals surface area contributed by atoms with Crippen molar-refractivity contribution in [3.63, 3.8) is 0 Å². The fourth-order valence-corrected chi connectivity index (χ4v) is 8.75. The number of β-amino-alcohol motifs (C(OH)–C–C–N with tert-alkyl or cyclic N) is 1. The van der Waals surface area contributed by atoms with Crippen LogP contribution in [-0.4, -0.2) is 84.2 Å². The average molecular weight is 771 g/mol. The second-order valence-corrected chi connectivity index (χ2v) is 15.7. The normalized spacial score (nSPS) is 19.9. The lowest BCUT2D eigenvalue weighted by molar-refractivity contribution is -0.141. The summed E-state index contributed by atoms with van der Waals surface area (Å²) in [5.41, 5.74) is 8.65. The fourth-order valence-electron chi connectivity index (χ4n) is 8.75. The highest BCUT2D eigenvalue weighted by Crippen LogP contribution is 2.43. The number of carboxylic acid groups (broad SMARTS) is 1. The van der Waals surface area contributed by atoms with Gasteiger partial charge in [-0.15, -0.1) is 0 Å². The van der Waals surface area contributed by atoms with E-state index in [4.69, 9.17) is 14.4 Å². The maximum absolute atomic E-state index is 14.3. The van der Waals surface area contributed by atoms with Crippen LogP contribution in [0.5, 0.6) is 0 Å². The van der Waals surface area contributed by atoms with Gasteiger partial charge in [0.05, 0.1) is 22.6 Å². The number of aliphatic hydroxyl groups is 1. The van der Waals surface area contributed by atoms with Crippen LogP contribution in [0.4, 0.5) is 20.3 Å². The highest BCUT2D eigenvalue weighted by atomic mass is 19.3. The molecule has 290 valence electrons. The summed E-state index contributed by atoms with van der Waals surface area (Å²) >= 11 is 0. The molecule has 3 aromatic carbocycles. The number of nitrogens with zero attached hydrogens (tertiary/aromatic N) is 8. The molecule has 6 heterocycles. The molecule has 0 spiro atoms. The Morgan fingerprint density at radius 1 is 1.00 bits per heavy atom. The Balaban J connectivity index is 1.04. The van der Waals surface area contributed by atoms with Gasteiger partial charge < -0.3 is 19.5 Å². The summed E-state index contributed by atoms with van der Waals surface area (Å²) in [4.78, 5) is 35.8. The molecule has 57 heavy (non-hydrogen) atoms. The van der Waals surface area contributed by atoms with Gasteiger partial charge in [0.1, 0.15) is 17.1 Å². The van der Waals surface area contributed by atoms with Crippen molar-refractivity contribution in [2.24, 2.45) is 5.92 Å². The number of anilines is 2. The molecule has 0 bridgehead atoms. The molecule has 3 aliphatic heterocycles. The summed E-state index contributed by atoms with van der Waals surface area (Å²) in [5.74, 6) is -1.11. The molecule has 2 saturated heterocycles. The molecule has 0 aliphatic carbocycles. The second-order valence-electron chi connectivity index (χ2n) is 15.7. The molecule has 6 aromatic rings.